The number of aromatic nitrogens is 1. The number of carboxylic acids is 1. The smallest absolute Gasteiger partial charge is 0.321 e. The van der Waals surface area contributed by atoms with Crippen LogP contribution in [0.2, 0.25) is 0 Å². The van der Waals surface area contributed by atoms with Crippen molar-refractivity contribution in [1.82, 2.24) is 4.98 Å². The molecule has 2 aromatic rings. The summed E-state index contributed by atoms with van der Waals surface area (Å²) >= 11 is 0. The van der Waals surface area contributed by atoms with Gasteiger partial charge in [-0.1, -0.05) is 25.5 Å². The summed E-state index contributed by atoms with van der Waals surface area (Å²) in [5.41, 5.74) is 9.07. The van der Waals surface area contributed by atoms with Gasteiger partial charge in [-0.3, -0.25) is 4.79 Å². The first-order chi connectivity index (χ1) is 9.06. The van der Waals surface area contributed by atoms with Crippen LogP contribution in [0.25, 0.3) is 10.9 Å². The molecule has 1 heterocycles. The summed E-state index contributed by atoms with van der Waals surface area (Å²) in [6.45, 7) is 4.08. The molecule has 0 aliphatic carbocycles. The number of carboxylic acid groups (broad SMARTS) is 1. The number of benzene rings is 1. The van der Waals surface area contributed by atoms with E-state index < -0.39 is 12.0 Å². The highest BCUT2D eigenvalue weighted by atomic mass is 16.4. The first kappa shape index (κ1) is 13.6. The number of nitrogens with two attached hydrogens (primary N) is 1. The first-order valence-corrected chi connectivity index (χ1v) is 6.61. The molecular weight excluding hydrogens is 240 g/mol. The molecule has 0 fully saturated rings. The quantitative estimate of drug-likeness (QED) is 0.773. The number of carbonyl (C=O) groups is 1. The Bertz CT molecular complexity index is 589. The first-order valence-electron chi connectivity index (χ1n) is 6.61. The number of aryl methyl sites for hydroxylation is 1. The zero-order valence-corrected chi connectivity index (χ0v) is 11.3. The van der Waals surface area contributed by atoms with Crippen LogP contribution in [-0.4, -0.2) is 22.1 Å². The second-order valence-corrected chi connectivity index (χ2v) is 5.00. The summed E-state index contributed by atoms with van der Waals surface area (Å²) in [6.07, 6.45) is 3.58. The van der Waals surface area contributed by atoms with E-state index in [0.717, 1.165) is 34.9 Å². The van der Waals surface area contributed by atoms with Crippen LogP contribution in [0.5, 0.6) is 0 Å². The van der Waals surface area contributed by atoms with Crippen LogP contribution in [0.3, 0.4) is 0 Å². The van der Waals surface area contributed by atoms with E-state index in [-0.39, 0.29) is 5.92 Å². The lowest BCUT2D eigenvalue weighted by Crippen LogP contribution is -2.36. The van der Waals surface area contributed by atoms with Crippen molar-refractivity contribution in [2.75, 3.05) is 0 Å². The standard InChI is InChI=1S/C15H20N2O2/c1-3-5-10(14(16)15(18)19)11-8-17-12-7-4-6-9(2)13(11)12/h4,6-8,10,14,17H,3,5,16H2,1-2H3,(H,18,19)/t10?,14-/m0/s1. The van der Waals surface area contributed by atoms with Crippen LogP contribution < -0.4 is 5.73 Å². The van der Waals surface area contributed by atoms with Gasteiger partial charge < -0.3 is 15.8 Å². The molecule has 4 heteroatoms. The lowest BCUT2D eigenvalue weighted by atomic mass is 9.87. The maximum atomic E-state index is 11.2. The minimum atomic E-state index is -0.943. The van der Waals surface area contributed by atoms with E-state index >= 15 is 0 Å². The second kappa shape index (κ2) is 5.45. The zero-order chi connectivity index (χ0) is 14.0. The highest BCUT2D eigenvalue weighted by molar-refractivity contribution is 5.88. The Hall–Kier alpha value is -1.81. The van der Waals surface area contributed by atoms with Gasteiger partial charge in [0.05, 0.1) is 0 Å². The van der Waals surface area contributed by atoms with Gasteiger partial charge in [0.1, 0.15) is 6.04 Å². The van der Waals surface area contributed by atoms with E-state index in [4.69, 9.17) is 5.73 Å². The summed E-state index contributed by atoms with van der Waals surface area (Å²) < 4.78 is 0. The maximum absolute atomic E-state index is 11.2. The molecule has 0 saturated heterocycles. The van der Waals surface area contributed by atoms with Crippen molar-refractivity contribution in [2.45, 2.75) is 38.6 Å². The normalized spacial score (nSPS) is 14.5. The zero-order valence-electron chi connectivity index (χ0n) is 11.3. The number of aromatic amines is 1. The number of H-pyrrole nitrogens is 1. The molecule has 0 radical (unpaired) electrons. The van der Waals surface area contributed by atoms with Crippen molar-refractivity contribution in [1.29, 1.82) is 0 Å². The van der Waals surface area contributed by atoms with E-state index in [2.05, 4.69) is 4.98 Å². The Labute approximate surface area is 112 Å². The van der Waals surface area contributed by atoms with Crippen molar-refractivity contribution in [3.05, 3.63) is 35.5 Å². The molecule has 0 amide bonds. The van der Waals surface area contributed by atoms with Gasteiger partial charge in [-0.2, -0.15) is 0 Å². The van der Waals surface area contributed by atoms with Gasteiger partial charge in [-0.05, 0) is 30.5 Å². The fourth-order valence-corrected chi connectivity index (χ4v) is 2.70. The number of hydrogen-bond acceptors (Lipinski definition) is 2. The Morgan fingerprint density at radius 1 is 1.47 bits per heavy atom. The predicted molar refractivity (Wildman–Crippen MR) is 76.3 cm³/mol. The molecular formula is C15H20N2O2. The average Bonchev–Trinajstić information content (AvgIpc) is 2.80. The van der Waals surface area contributed by atoms with E-state index in [1.54, 1.807) is 0 Å². The van der Waals surface area contributed by atoms with Gasteiger partial charge in [0.2, 0.25) is 0 Å². The third-order valence-electron chi connectivity index (χ3n) is 3.66. The third kappa shape index (κ3) is 2.49. The van der Waals surface area contributed by atoms with Gasteiger partial charge in [0, 0.05) is 23.0 Å². The van der Waals surface area contributed by atoms with Crippen LogP contribution in [0.1, 0.15) is 36.8 Å². The largest absolute Gasteiger partial charge is 0.480 e. The topological polar surface area (TPSA) is 79.1 Å². The lowest BCUT2D eigenvalue weighted by molar-refractivity contribution is -0.139. The van der Waals surface area contributed by atoms with Gasteiger partial charge >= 0.3 is 5.97 Å². The van der Waals surface area contributed by atoms with Crippen molar-refractivity contribution in [2.24, 2.45) is 5.73 Å². The minimum Gasteiger partial charge on any atom is -0.480 e. The summed E-state index contributed by atoms with van der Waals surface area (Å²) in [5, 5.41) is 10.3. The van der Waals surface area contributed by atoms with Crippen LogP contribution in [0.15, 0.2) is 24.4 Å². The fraction of sp³-hybridized carbons (Fsp3) is 0.400. The molecule has 0 aliphatic heterocycles. The molecule has 0 saturated carbocycles. The van der Waals surface area contributed by atoms with Crippen molar-refractivity contribution in [3.63, 3.8) is 0 Å². The molecule has 1 aromatic carbocycles. The molecule has 0 aliphatic rings. The van der Waals surface area contributed by atoms with Crippen LogP contribution in [0.4, 0.5) is 0 Å². The highest BCUT2D eigenvalue weighted by Gasteiger charge is 2.27. The van der Waals surface area contributed by atoms with Crippen molar-refractivity contribution < 1.29 is 9.90 Å². The van der Waals surface area contributed by atoms with Gasteiger partial charge in [-0.15, -0.1) is 0 Å². The number of nitrogens with one attached hydrogen (secondary N) is 1. The fourth-order valence-electron chi connectivity index (χ4n) is 2.70. The monoisotopic (exact) mass is 260 g/mol. The summed E-state index contributed by atoms with van der Waals surface area (Å²) in [7, 11) is 0. The lowest BCUT2D eigenvalue weighted by Gasteiger charge is -2.20. The van der Waals surface area contributed by atoms with Crippen molar-refractivity contribution >= 4 is 16.9 Å². The third-order valence-corrected chi connectivity index (χ3v) is 3.66. The molecule has 4 nitrogen and oxygen atoms in total. The van der Waals surface area contributed by atoms with Gasteiger partial charge in [0.25, 0.3) is 0 Å². The van der Waals surface area contributed by atoms with Crippen molar-refractivity contribution in [3.8, 4) is 0 Å². The van der Waals surface area contributed by atoms with E-state index in [0.29, 0.717) is 0 Å². The molecule has 4 N–H and O–H groups in total. The van der Waals surface area contributed by atoms with Gasteiger partial charge in [0.15, 0.2) is 0 Å². The maximum Gasteiger partial charge on any atom is 0.321 e. The summed E-state index contributed by atoms with van der Waals surface area (Å²) in [6, 6.07) is 5.17. The SMILES string of the molecule is CCCC(c1c[nH]c2cccc(C)c12)[C@H](N)C(=O)O. The highest BCUT2D eigenvalue weighted by Crippen LogP contribution is 2.32. The van der Waals surface area contributed by atoms with E-state index in [1.165, 1.54) is 0 Å². The summed E-state index contributed by atoms with van der Waals surface area (Å²) in [5.74, 6) is -1.10. The Morgan fingerprint density at radius 2 is 2.21 bits per heavy atom. The van der Waals surface area contributed by atoms with Crippen LogP contribution in [-0.2, 0) is 4.79 Å². The van der Waals surface area contributed by atoms with E-state index in [9.17, 15) is 9.90 Å². The Morgan fingerprint density at radius 3 is 2.84 bits per heavy atom. The van der Waals surface area contributed by atoms with Crippen LogP contribution in [0, 0.1) is 6.92 Å². The predicted octanol–water partition coefficient (Wildman–Crippen LogP) is 2.77. The number of aliphatic carboxylic acids is 1. The van der Waals surface area contributed by atoms with Crippen LogP contribution >= 0.6 is 0 Å². The molecule has 102 valence electrons. The average molecular weight is 260 g/mol. The molecule has 1 aromatic heterocycles. The number of fused-ring (bicyclic) bond motifs is 1. The number of hydrogen-bond donors (Lipinski definition) is 3. The minimum absolute atomic E-state index is 0.155. The number of rotatable bonds is 5. The molecule has 1 unspecified atom stereocenters. The Kier molecular flexibility index (Phi) is 3.90. The molecule has 0 spiro atoms. The second-order valence-electron chi connectivity index (χ2n) is 5.00. The molecule has 0 bridgehead atoms. The molecule has 19 heavy (non-hydrogen) atoms. The summed E-state index contributed by atoms with van der Waals surface area (Å²) in [4.78, 5) is 14.4. The van der Waals surface area contributed by atoms with Gasteiger partial charge in [-0.25, -0.2) is 0 Å². The molecule has 2 atom stereocenters. The molecule has 2 rings (SSSR count). The Balaban J connectivity index is 2.53. The van der Waals surface area contributed by atoms with E-state index in [1.807, 2.05) is 38.2 Å².